The quantitative estimate of drug-likeness (QED) is 0.0849. The highest BCUT2D eigenvalue weighted by atomic mass is 35.5. The maximum atomic E-state index is 13.2. The molecule has 1 aliphatic heterocycles. The summed E-state index contributed by atoms with van der Waals surface area (Å²) in [5.41, 5.74) is 3.50. The molecule has 1 N–H and O–H groups in total. The van der Waals surface area contributed by atoms with E-state index in [0.29, 0.717) is 17.6 Å². The van der Waals surface area contributed by atoms with Gasteiger partial charge in [0.2, 0.25) is 0 Å². The van der Waals surface area contributed by atoms with Crippen LogP contribution in [0.4, 0.5) is 5.69 Å². The SMILES string of the molecule is O=C(Nc1c(Cl)cncc1Cl)C(=O)c1cn(CCCCN2CCN(C(c3ccc(Cl)cc3)c3ccc(Cl)cc3)CC2)c2ncccc12. The Hall–Kier alpha value is -3.50. The van der Waals surface area contributed by atoms with Crippen LogP contribution < -0.4 is 5.32 Å². The Morgan fingerprint density at radius 1 is 0.787 bits per heavy atom. The number of Topliss-reactive ketones (excluding diaryl/α,β-unsaturated/α-hetero) is 1. The zero-order valence-corrected chi connectivity index (χ0v) is 28.4. The van der Waals surface area contributed by atoms with Crippen LogP contribution in [0, 0.1) is 0 Å². The molecule has 0 aliphatic carbocycles. The third-order valence-corrected chi connectivity index (χ3v) is 9.52. The van der Waals surface area contributed by atoms with Crippen molar-refractivity contribution in [3.63, 3.8) is 0 Å². The number of amides is 1. The lowest BCUT2D eigenvalue weighted by atomic mass is 9.96. The van der Waals surface area contributed by atoms with Gasteiger partial charge in [-0.05, 0) is 66.9 Å². The number of aryl methyl sites for hydroxylation is 1. The van der Waals surface area contributed by atoms with Gasteiger partial charge in [0.1, 0.15) is 5.65 Å². The molecule has 8 nitrogen and oxygen atoms in total. The number of pyridine rings is 2. The first kappa shape index (κ1) is 33.4. The van der Waals surface area contributed by atoms with Gasteiger partial charge in [0.05, 0.1) is 27.3 Å². The van der Waals surface area contributed by atoms with Crippen LogP contribution in [0.1, 0.15) is 40.4 Å². The zero-order valence-electron chi connectivity index (χ0n) is 25.4. The van der Waals surface area contributed by atoms with Gasteiger partial charge in [-0.25, -0.2) is 4.98 Å². The molecule has 0 atom stereocenters. The number of nitrogens with zero attached hydrogens (tertiary/aromatic N) is 5. The number of anilines is 1. The summed E-state index contributed by atoms with van der Waals surface area (Å²) in [5.74, 6) is -1.53. The molecule has 1 saturated heterocycles. The van der Waals surface area contributed by atoms with E-state index in [1.54, 1.807) is 24.5 Å². The van der Waals surface area contributed by atoms with Gasteiger partial charge in [0, 0.05) is 72.9 Å². The lowest BCUT2D eigenvalue weighted by Crippen LogP contribution is -2.48. The molecule has 242 valence electrons. The Bertz CT molecular complexity index is 1810. The van der Waals surface area contributed by atoms with Crippen molar-refractivity contribution in [1.29, 1.82) is 0 Å². The molecular weight excluding hydrogens is 678 g/mol. The van der Waals surface area contributed by atoms with Crippen molar-refractivity contribution in [2.75, 3.05) is 38.0 Å². The monoisotopic (exact) mass is 708 g/mol. The molecular formula is C35H32Cl4N6O2. The van der Waals surface area contributed by atoms with Crippen LogP contribution >= 0.6 is 46.4 Å². The lowest BCUT2D eigenvalue weighted by Gasteiger charge is -2.40. The van der Waals surface area contributed by atoms with E-state index >= 15 is 0 Å². The predicted molar refractivity (Wildman–Crippen MR) is 189 cm³/mol. The third-order valence-electron chi connectivity index (χ3n) is 8.44. The fraction of sp³-hybridized carbons (Fsp3) is 0.257. The van der Waals surface area contributed by atoms with E-state index in [1.165, 1.54) is 23.5 Å². The average molecular weight is 710 g/mol. The molecule has 5 aromatic rings. The Morgan fingerprint density at radius 3 is 2.00 bits per heavy atom. The molecule has 1 aliphatic rings. The van der Waals surface area contributed by atoms with Gasteiger partial charge >= 0.3 is 0 Å². The second-order valence-electron chi connectivity index (χ2n) is 11.5. The number of ketones is 1. The molecule has 0 spiro atoms. The molecule has 47 heavy (non-hydrogen) atoms. The van der Waals surface area contributed by atoms with Gasteiger partial charge in [-0.2, -0.15) is 0 Å². The van der Waals surface area contributed by atoms with Crippen LogP contribution in [0.3, 0.4) is 0 Å². The highest BCUT2D eigenvalue weighted by Crippen LogP contribution is 2.32. The molecule has 0 unspecified atom stereocenters. The van der Waals surface area contributed by atoms with Gasteiger partial charge in [-0.15, -0.1) is 0 Å². The first-order valence-electron chi connectivity index (χ1n) is 15.3. The van der Waals surface area contributed by atoms with Gasteiger partial charge in [-0.1, -0.05) is 70.7 Å². The molecule has 4 heterocycles. The van der Waals surface area contributed by atoms with Crippen LogP contribution in [0.5, 0.6) is 0 Å². The normalized spacial score (nSPS) is 14.1. The number of halogens is 4. The standard InChI is InChI=1S/C35H32Cl4N6O2/c36-25-9-5-23(6-10-25)32(24-7-11-26(37)12-8-24)44-18-16-43(17-19-44)14-1-2-15-45-22-28(27-4-3-13-41-34(27)45)33(46)35(47)42-31-29(38)20-40-21-30(31)39/h3-13,20-22,32H,1-2,14-19H2,(H,40,42,47). The summed E-state index contributed by atoms with van der Waals surface area (Å²) < 4.78 is 1.95. The molecule has 0 bridgehead atoms. The van der Waals surface area contributed by atoms with Gasteiger partial charge in [-0.3, -0.25) is 19.5 Å². The topological polar surface area (TPSA) is 83.4 Å². The van der Waals surface area contributed by atoms with E-state index < -0.39 is 11.7 Å². The van der Waals surface area contributed by atoms with Crippen LogP contribution in [0.25, 0.3) is 11.0 Å². The Labute approximate surface area is 293 Å². The number of carbonyl (C=O) groups is 2. The Kier molecular flexibility index (Phi) is 10.8. The summed E-state index contributed by atoms with van der Waals surface area (Å²) in [6.07, 6.45) is 7.96. The molecule has 6 rings (SSSR count). The smallest absolute Gasteiger partial charge is 0.296 e. The summed E-state index contributed by atoms with van der Waals surface area (Å²) in [5, 5.41) is 4.89. The Morgan fingerprint density at radius 2 is 1.38 bits per heavy atom. The van der Waals surface area contributed by atoms with Crippen molar-refractivity contribution in [3.8, 4) is 0 Å². The fourth-order valence-electron chi connectivity index (χ4n) is 6.06. The van der Waals surface area contributed by atoms with E-state index in [2.05, 4.69) is 49.4 Å². The Balaban J connectivity index is 1.05. The fourth-order valence-corrected chi connectivity index (χ4v) is 6.78. The minimum absolute atomic E-state index is 0.124. The van der Waals surface area contributed by atoms with Crippen molar-refractivity contribution in [3.05, 3.63) is 122 Å². The lowest BCUT2D eigenvalue weighted by molar-refractivity contribution is -0.112. The highest BCUT2D eigenvalue weighted by molar-refractivity contribution is 6.50. The van der Waals surface area contributed by atoms with Crippen LogP contribution in [-0.4, -0.2) is 68.7 Å². The number of unbranched alkanes of at least 4 members (excludes halogenated alkanes) is 1. The number of rotatable bonds is 11. The van der Waals surface area contributed by atoms with Gasteiger partial charge < -0.3 is 14.8 Å². The number of aromatic nitrogens is 3. The van der Waals surface area contributed by atoms with Crippen LogP contribution in [0.2, 0.25) is 20.1 Å². The van der Waals surface area contributed by atoms with E-state index in [9.17, 15) is 9.59 Å². The number of hydrogen-bond acceptors (Lipinski definition) is 6. The zero-order chi connectivity index (χ0) is 32.9. The van der Waals surface area contributed by atoms with Crippen molar-refractivity contribution in [2.45, 2.75) is 25.4 Å². The summed E-state index contributed by atoms with van der Waals surface area (Å²) >= 11 is 24.7. The van der Waals surface area contributed by atoms with E-state index in [-0.39, 0.29) is 27.3 Å². The minimum Gasteiger partial charge on any atom is -0.332 e. The number of fused-ring (bicyclic) bond motifs is 1. The number of nitrogens with one attached hydrogen (secondary N) is 1. The summed E-state index contributed by atoms with van der Waals surface area (Å²) in [7, 11) is 0. The first-order valence-corrected chi connectivity index (χ1v) is 16.9. The van der Waals surface area contributed by atoms with E-state index in [0.717, 1.165) is 55.6 Å². The maximum absolute atomic E-state index is 13.2. The van der Waals surface area contributed by atoms with Gasteiger partial charge in [0.15, 0.2) is 0 Å². The number of hydrogen-bond donors (Lipinski definition) is 1. The van der Waals surface area contributed by atoms with Crippen LogP contribution in [0.15, 0.2) is 85.5 Å². The number of benzene rings is 2. The van der Waals surface area contributed by atoms with Crippen molar-refractivity contribution in [2.24, 2.45) is 0 Å². The summed E-state index contributed by atoms with van der Waals surface area (Å²) in [6.45, 7) is 5.43. The summed E-state index contributed by atoms with van der Waals surface area (Å²) in [6, 6.07) is 19.9. The molecule has 3 aromatic heterocycles. The van der Waals surface area contributed by atoms with Crippen LogP contribution in [-0.2, 0) is 11.3 Å². The third kappa shape index (κ3) is 7.81. The first-order chi connectivity index (χ1) is 22.8. The molecule has 0 saturated carbocycles. The highest BCUT2D eigenvalue weighted by Gasteiger charge is 2.27. The minimum atomic E-state index is -0.837. The molecule has 1 fully saturated rings. The summed E-state index contributed by atoms with van der Waals surface area (Å²) in [4.78, 5) is 39.6. The molecule has 2 aromatic carbocycles. The second kappa shape index (κ2) is 15.2. The van der Waals surface area contributed by atoms with Crippen molar-refractivity contribution < 1.29 is 9.59 Å². The number of piperazine rings is 1. The maximum Gasteiger partial charge on any atom is 0.296 e. The van der Waals surface area contributed by atoms with E-state index in [1.807, 2.05) is 28.8 Å². The largest absolute Gasteiger partial charge is 0.332 e. The molecule has 0 radical (unpaired) electrons. The van der Waals surface area contributed by atoms with E-state index in [4.69, 9.17) is 46.4 Å². The molecule has 1 amide bonds. The second-order valence-corrected chi connectivity index (χ2v) is 13.1. The van der Waals surface area contributed by atoms with Gasteiger partial charge in [0.25, 0.3) is 11.7 Å². The van der Waals surface area contributed by atoms with Crippen molar-refractivity contribution in [1.82, 2.24) is 24.3 Å². The van der Waals surface area contributed by atoms with Crippen molar-refractivity contribution >= 4 is 74.8 Å². The predicted octanol–water partition coefficient (Wildman–Crippen LogP) is 8.05. The number of carbonyl (C=O) groups excluding carboxylic acids is 2. The average Bonchev–Trinajstić information content (AvgIpc) is 3.45. The molecule has 12 heteroatoms.